The molecular formula is C25H42O2. The van der Waals surface area contributed by atoms with Crippen molar-refractivity contribution < 1.29 is 9.90 Å². The van der Waals surface area contributed by atoms with Crippen LogP contribution in [0.5, 0.6) is 0 Å². The number of ketones is 1. The Morgan fingerprint density at radius 1 is 1.00 bits per heavy atom. The first kappa shape index (κ1) is 19.9. The summed E-state index contributed by atoms with van der Waals surface area (Å²) in [5.41, 5.74) is 0.466. The summed E-state index contributed by atoms with van der Waals surface area (Å²) in [6.45, 7) is 9.07. The average molecular weight is 375 g/mol. The lowest BCUT2D eigenvalue weighted by molar-refractivity contribution is -0.139. The highest BCUT2D eigenvalue weighted by Gasteiger charge is 2.59. The van der Waals surface area contributed by atoms with Gasteiger partial charge in [-0.2, -0.15) is 0 Å². The Kier molecular flexibility index (Phi) is 5.06. The Balaban J connectivity index is 1.46. The summed E-state index contributed by atoms with van der Waals surface area (Å²) in [6, 6.07) is 0. The number of Topliss-reactive ketones (excluding diaryl/α,β-unsaturated/α-hetero) is 1. The van der Waals surface area contributed by atoms with Crippen molar-refractivity contribution in [3.63, 3.8) is 0 Å². The van der Waals surface area contributed by atoms with Gasteiger partial charge in [-0.15, -0.1) is 0 Å². The lowest BCUT2D eigenvalue weighted by Crippen LogP contribution is -2.53. The van der Waals surface area contributed by atoms with Gasteiger partial charge in [0.05, 0.1) is 5.60 Å². The van der Waals surface area contributed by atoms with Crippen molar-refractivity contribution in [2.45, 2.75) is 110 Å². The summed E-state index contributed by atoms with van der Waals surface area (Å²) in [5.74, 6) is 4.77. The van der Waals surface area contributed by atoms with Gasteiger partial charge in [0.2, 0.25) is 0 Å². The van der Waals surface area contributed by atoms with Gasteiger partial charge in [-0.1, -0.05) is 20.3 Å². The molecule has 4 rings (SSSR count). The number of hydrogen-bond donors (Lipinski definition) is 1. The molecule has 0 heterocycles. The van der Waals surface area contributed by atoms with Crippen LogP contribution in [-0.4, -0.2) is 16.5 Å². The normalized spacial score (nSPS) is 47.3. The Labute approximate surface area is 166 Å². The zero-order valence-electron chi connectivity index (χ0n) is 18.2. The Hall–Kier alpha value is -0.370. The molecule has 4 saturated carbocycles. The van der Waals surface area contributed by atoms with Crippen LogP contribution in [0.25, 0.3) is 0 Å². The van der Waals surface area contributed by atoms with Gasteiger partial charge in [-0.25, -0.2) is 0 Å². The van der Waals surface area contributed by atoms with Crippen molar-refractivity contribution in [1.29, 1.82) is 0 Å². The molecule has 7 unspecified atom stereocenters. The number of hydrogen-bond acceptors (Lipinski definition) is 2. The molecule has 4 aliphatic rings. The Morgan fingerprint density at radius 3 is 2.48 bits per heavy atom. The largest absolute Gasteiger partial charge is 0.390 e. The number of rotatable bonds is 4. The molecule has 27 heavy (non-hydrogen) atoms. The second-order valence-electron chi connectivity index (χ2n) is 11.9. The van der Waals surface area contributed by atoms with Crippen LogP contribution in [0.3, 0.4) is 0 Å². The number of carbonyl (C=O) groups is 1. The van der Waals surface area contributed by atoms with E-state index in [0.717, 1.165) is 49.4 Å². The van der Waals surface area contributed by atoms with E-state index in [2.05, 4.69) is 13.8 Å². The SMILES string of the molecule is CC(C)(O)CCCC1CCC2C3CCC4CC(=O)CCC4(C)C3CCC12C. The molecule has 4 fully saturated rings. The zero-order valence-corrected chi connectivity index (χ0v) is 18.2. The van der Waals surface area contributed by atoms with E-state index in [1.165, 1.54) is 51.4 Å². The minimum absolute atomic E-state index is 0.442. The van der Waals surface area contributed by atoms with Gasteiger partial charge >= 0.3 is 0 Å². The summed E-state index contributed by atoms with van der Waals surface area (Å²) < 4.78 is 0. The second-order valence-corrected chi connectivity index (χ2v) is 11.9. The van der Waals surface area contributed by atoms with Gasteiger partial charge in [-0.3, -0.25) is 4.79 Å². The molecule has 1 N–H and O–H groups in total. The molecule has 4 aliphatic carbocycles. The fourth-order valence-electron chi connectivity index (χ4n) is 8.41. The first-order valence-electron chi connectivity index (χ1n) is 11.9. The van der Waals surface area contributed by atoms with E-state index in [1.54, 1.807) is 0 Å². The molecule has 0 aliphatic heterocycles. The highest BCUT2D eigenvalue weighted by atomic mass is 16.3. The van der Waals surface area contributed by atoms with Crippen molar-refractivity contribution in [3.8, 4) is 0 Å². The number of aliphatic hydroxyl groups is 1. The highest BCUT2D eigenvalue weighted by Crippen LogP contribution is 2.67. The summed E-state index contributed by atoms with van der Waals surface area (Å²) in [6.07, 6.45) is 14.6. The zero-order chi connectivity index (χ0) is 19.4. The van der Waals surface area contributed by atoms with Gasteiger partial charge in [0.1, 0.15) is 5.78 Å². The number of fused-ring (bicyclic) bond motifs is 5. The molecular weight excluding hydrogens is 332 g/mol. The lowest BCUT2D eigenvalue weighted by atomic mass is 9.44. The maximum absolute atomic E-state index is 12.0. The van der Waals surface area contributed by atoms with E-state index < -0.39 is 5.60 Å². The standard InChI is InChI=1S/C25H42O2/c1-23(2,27)13-5-6-17-8-10-21-20-9-7-18-16-19(26)11-14-25(18,4)22(20)12-15-24(17,21)3/h17-18,20-22,27H,5-16H2,1-4H3. The molecule has 0 radical (unpaired) electrons. The van der Waals surface area contributed by atoms with Gasteiger partial charge in [0.25, 0.3) is 0 Å². The second kappa shape index (κ2) is 6.85. The summed E-state index contributed by atoms with van der Waals surface area (Å²) in [5, 5.41) is 10.1. The molecule has 2 heteroatoms. The van der Waals surface area contributed by atoms with Crippen molar-refractivity contribution >= 4 is 5.78 Å². The van der Waals surface area contributed by atoms with E-state index in [4.69, 9.17) is 0 Å². The van der Waals surface area contributed by atoms with Gasteiger partial charge in [-0.05, 0) is 112 Å². The van der Waals surface area contributed by atoms with Gasteiger partial charge < -0.3 is 5.11 Å². The quantitative estimate of drug-likeness (QED) is 0.640. The fourth-order valence-corrected chi connectivity index (χ4v) is 8.41. The molecule has 0 aromatic heterocycles. The van der Waals surface area contributed by atoms with Crippen molar-refractivity contribution in [3.05, 3.63) is 0 Å². The monoisotopic (exact) mass is 374 g/mol. The minimum atomic E-state index is -0.512. The van der Waals surface area contributed by atoms with Crippen LogP contribution in [0.2, 0.25) is 0 Å². The van der Waals surface area contributed by atoms with Crippen LogP contribution in [0, 0.1) is 40.4 Å². The van der Waals surface area contributed by atoms with Crippen molar-refractivity contribution in [1.82, 2.24) is 0 Å². The van der Waals surface area contributed by atoms with Crippen LogP contribution in [0.1, 0.15) is 105 Å². The van der Waals surface area contributed by atoms with Crippen LogP contribution in [0.4, 0.5) is 0 Å². The molecule has 154 valence electrons. The van der Waals surface area contributed by atoms with Crippen molar-refractivity contribution in [2.24, 2.45) is 40.4 Å². The van der Waals surface area contributed by atoms with E-state index >= 15 is 0 Å². The third-order valence-corrected chi connectivity index (χ3v) is 10.0. The number of carbonyl (C=O) groups excluding carboxylic acids is 1. The molecule has 7 atom stereocenters. The molecule has 0 bridgehead atoms. The van der Waals surface area contributed by atoms with Gasteiger partial charge in [0.15, 0.2) is 0 Å². The van der Waals surface area contributed by atoms with E-state index in [-0.39, 0.29) is 0 Å². The minimum Gasteiger partial charge on any atom is -0.390 e. The lowest BCUT2D eigenvalue weighted by Gasteiger charge is -2.60. The van der Waals surface area contributed by atoms with Crippen LogP contribution < -0.4 is 0 Å². The van der Waals surface area contributed by atoms with Crippen LogP contribution >= 0.6 is 0 Å². The Morgan fingerprint density at radius 2 is 1.74 bits per heavy atom. The maximum atomic E-state index is 12.0. The molecule has 0 saturated heterocycles. The first-order chi connectivity index (χ1) is 12.6. The summed E-state index contributed by atoms with van der Waals surface area (Å²) >= 11 is 0. The topological polar surface area (TPSA) is 37.3 Å². The van der Waals surface area contributed by atoms with Gasteiger partial charge in [0, 0.05) is 12.8 Å². The van der Waals surface area contributed by atoms with Crippen molar-refractivity contribution in [2.75, 3.05) is 0 Å². The molecule has 0 amide bonds. The third-order valence-electron chi connectivity index (χ3n) is 10.0. The third kappa shape index (κ3) is 3.43. The molecule has 0 aromatic rings. The molecule has 2 nitrogen and oxygen atoms in total. The van der Waals surface area contributed by atoms with Crippen LogP contribution in [0.15, 0.2) is 0 Å². The maximum Gasteiger partial charge on any atom is 0.133 e. The summed E-state index contributed by atoms with van der Waals surface area (Å²) in [7, 11) is 0. The van der Waals surface area contributed by atoms with E-state index in [9.17, 15) is 9.90 Å². The fraction of sp³-hybridized carbons (Fsp3) is 0.960. The van der Waals surface area contributed by atoms with Crippen LogP contribution in [-0.2, 0) is 4.79 Å². The predicted molar refractivity (Wildman–Crippen MR) is 110 cm³/mol. The van der Waals surface area contributed by atoms with E-state index in [0.29, 0.717) is 22.5 Å². The smallest absolute Gasteiger partial charge is 0.133 e. The highest BCUT2D eigenvalue weighted by molar-refractivity contribution is 5.79. The molecule has 0 spiro atoms. The summed E-state index contributed by atoms with van der Waals surface area (Å²) in [4.78, 5) is 12.0. The predicted octanol–water partition coefficient (Wildman–Crippen LogP) is 6.16. The first-order valence-corrected chi connectivity index (χ1v) is 11.9. The average Bonchev–Trinajstić information content (AvgIpc) is 2.91. The molecule has 0 aromatic carbocycles. The Bertz CT molecular complexity index is 575. The van der Waals surface area contributed by atoms with E-state index in [1.807, 2.05) is 13.8 Å².